The number of rotatable bonds is 3. The van der Waals surface area contributed by atoms with Crippen LogP contribution in [-0.4, -0.2) is 26.7 Å². The average Bonchev–Trinajstić information content (AvgIpc) is 2.52. The molecule has 1 aromatic heterocycles. The maximum Gasteiger partial charge on any atom is 0.320 e. The van der Waals surface area contributed by atoms with Gasteiger partial charge >= 0.3 is 5.97 Å². The zero-order valence-corrected chi connectivity index (χ0v) is 6.47. The molecule has 66 valence electrons. The highest BCUT2D eigenvalue weighted by molar-refractivity contribution is 5.73. The van der Waals surface area contributed by atoms with Crippen LogP contribution in [0.1, 0.15) is 7.06 Å². The summed E-state index contributed by atoms with van der Waals surface area (Å²) in [5.41, 5.74) is 5.90. The molecular weight excluding hydrogens is 158 g/mol. The van der Waals surface area contributed by atoms with Gasteiger partial charge in [-0.15, -0.1) is 0 Å². The molecule has 1 atom stereocenters. The zero-order chi connectivity index (χ0) is 9.84. The second-order valence-corrected chi connectivity index (χ2v) is 2.53. The molecule has 5 heteroatoms. The fraction of sp³-hybridized carbons (Fsp3) is 0.429. The van der Waals surface area contributed by atoms with Gasteiger partial charge in [0.25, 0.3) is 0 Å². The minimum atomic E-state index is -1.04. The standard InChI is InChI=1S/C7H11N3O2/c1-10-3-5(9-4-10)2-6(8)7(11)12/h3-4,6H,2,8H2,1H3,(H,11,12)/t6-/m0/s1/i1D. The molecule has 1 aromatic rings. The molecule has 0 saturated carbocycles. The summed E-state index contributed by atoms with van der Waals surface area (Å²) in [5, 5.41) is 8.51. The Morgan fingerprint density at radius 2 is 2.83 bits per heavy atom. The number of aliphatic carboxylic acids is 1. The van der Waals surface area contributed by atoms with Gasteiger partial charge in [-0.3, -0.25) is 4.79 Å². The van der Waals surface area contributed by atoms with E-state index in [1.165, 1.54) is 6.33 Å². The normalized spacial score (nSPS) is 13.9. The summed E-state index contributed by atoms with van der Waals surface area (Å²) in [6.07, 6.45) is 3.30. The van der Waals surface area contributed by atoms with E-state index < -0.39 is 12.0 Å². The van der Waals surface area contributed by atoms with Gasteiger partial charge in [-0.2, -0.15) is 0 Å². The van der Waals surface area contributed by atoms with Crippen molar-refractivity contribution >= 4 is 5.97 Å². The van der Waals surface area contributed by atoms with Gasteiger partial charge in [0.05, 0.1) is 12.0 Å². The number of hydrogen-bond acceptors (Lipinski definition) is 3. The van der Waals surface area contributed by atoms with Gasteiger partial charge in [0, 0.05) is 21.0 Å². The molecule has 3 N–H and O–H groups in total. The van der Waals surface area contributed by atoms with Gasteiger partial charge in [-0.05, 0) is 0 Å². The summed E-state index contributed by atoms with van der Waals surface area (Å²) in [6.45, 7) is 0. The van der Waals surface area contributed by atoms with Crippen LogP contribution >= 0.6 is 0 Å². The SMILES string of the molecule is [2H]Cn1cnc(C[C@H](N)C(=O)O)c1. The maximum absolute atomic E-state index is 10.4. The molecule has 5 nitrogen and oxygen atoms in total. The molecule has 0 amide bonds. The van der Waals surface area contributed by atoms with Crippen molar-refractivity contribution in [3.63, 3.8) is 0 Å². The molecular formula is C7H11N3O2. The lowest BCUT2D eigenvalue weighted by atomic mass is 10.2. The first-order chi connectivity index (χ1) is 6.13. The third-order valence-electron chi connectivity index (χ3n) is 1.43. The quantitative estimate of drug-likeness (QED) is 0.633. The summed E-state index contributed by atoms with van der Waals surface area (Å²) in [4.78, 5) is 14.3. The van der Waals surface area contributed by atoms with Crippen molar-refractivity contribution in [1.29, 1.82) is 0 Å². The van der Waals surface area contributed by atoms with Gasteiger partial charge in [-0.1, -0.05) is 0 Å². The van der Waals surface area contributed by atoms with Crippen LogP contribution < -0.4 is 5.73 Å². The number of hydrogen-bond donors (Lipinski definition) is 2. The van der Waals surface area contributed by atoms with Crippen LogP contribution in [0.4, 0.5) is 0 Å². The monoisotopic (exact) mass is 170 g/mol. The number of carboxylic acids is 1. The Bertz CT molecular complexity index is 300. The van der Waals surface area contributed by atoms with E-state index in [-0.39, 0.29) is 13.4 Å². The summed E-state index contributed by atoms with van der Waals surface area (Å²) < 4.78 is 8.54. The number of aromatic nitrogens is 2. The Morgan fingerprint density at radius 3 is 3.33 bits per heavy atom. The Balaban J connectivity index is 2.58. The number of aryl methyl sites for hydroxylation is 1. The second-order valence-electron chi connectivity index (χ2n) is 2.53. The van der Waals surface area contributed by atoms with Crippen molar-refractivity contribution in [2.24, 2.45) is 12.8 Å². The van der Waals surface area contributed by atoms with Gasteiger partial charge in [0.15, 0.2) is 0 Å². The van der Waals surface area contributed by atoms with Crippen LogP contribution in [-0.2, 0) is 18.2 Å². The smallest absolute Gasteiger partial charge is 0.320 e. The van der Waals surface area contributed by atoms with Crippen LogP contribution in [0.15, 0.2) is 12.5 Å². The molecule has 0 fully saturated rings. The van der Waals surface area contributed by atoms with Crippen LogP contribution in [0.25, 0.3) is 0 Å². The molecule has 0 saturated heterocycles. The van der Waals surface area contributed by atoms with E-state index in [4.69, 9.17) is 12.2 Å². The molecule has 0 radical (unpaired) electrons. The van der Waals surface area contributed by atoms with E-state index in [0.717, 1.165) is 0 Å². The Labute approximate surface area is 71.2 Å². The molecule has 1 heterocycles. The molecule has 0 unspecified atom stereocenters. The van der Waals surface area contributed by atoms with Gasteiger partial charge in [-0.25, -0.2) is 4.98 Å². The molecule has 0 aliphatic heterocycles. The van der Waals surface area contributed by atoms with Crippen LogP contribution in [0.2, 0.25) is 0 Å². The fourth-order valence-corrected chi connectivity index (χ4v) is 0.824. The van der Waals surface area contributed by atoms with E-state index >= 15 is 0 Å². The molecule has 0 aromatic carbocycles. The first-order valence-electron chi connectivity index (χ1n) is 4.12. The van der Waals surface area contributed by atoms with Crippen LogP contribution in [0, 0.1) is 0 Å². The summed E-state index contributed by atoms with van der Waals surface area (Å²) in [5.74, 6) is -1.04. The summed E-state index contributed by atoms with van der Waals surface area (Å²) in [7, 11) is 0.0787. The topological polar surface area (TPSA) is 81.1 Å². The zero-order valence-electron chi connectivity index (χ0n) is 7.47. The lowest BCUT2D eigenvalue weighted by Gasteiger charge is -2.01. The van der Waals surface area contributed by atoms with Gasteiger partial charge in [0.1, 0.15) is 6.04 Å². The Hall–Kier alpha value is -1.36. The van der Waals surface area contributed by atoms with Crippen LogP contribution in [0.5, 0.6) is 0 Å². The number of nitrogens with two attached hydrogens (primary N) is 1. The third-order valence-corrected chi connectivity index (χ3v) is 1.43. The van der Waals surface area contributed by atoms with Crippen molar-refractivity contribution in [3.05, 3.63) is 18.2 Å². The minimum absolute atomic E-state index is 0.0787. The van der Waals surface area contributed by atoms with Crippen molar-refractivity contribution in [2.75, 3.05) is 0 Å². The fourth-order valence-electron chi connectivity index (χ4n) is 0.824. The lowest BCUT2D eigenvalue weighted by molar-refractivity contribution is -0.138. The molecule has 1 rings (SSSR count). The number of carbonyl (C=O) groups is 1. The van der Waals surface area contributed by atoms with E-state index in [0.29, 0.717) is 5.69 Å². The van der Waals surface area contributed by atoms with E-state index in [1.807, 2.05) is 0 Å². The van der Waals surface area contributed by atoms with Crippen molar-refractivity contribution < 1.29 is 11.3 Å². The van der Waals surface area contributed by atoms with Crippen molar-refractivity contribution in [3.8, 4) is 0 Å². The minimum Gasteiger partial charge on any atom is -0.480 e. The lowest BCUT2D eigenvalue weighted by Crippen LogP contribution is -2.32. The summed E-state index contributed by atoms with van der Waals surface area (Å²) >= 11 is 0. The van der Waals surface area contributed by atoms with E-state index in [9.17, 15) is 4.79 Å². The number of carboxylic acid groups (broad SMARTS) is 1. The highest BCUT2D eigenvalue weighted by Crippen LogP contribution is 1.97. The molecule has 0 bridgehead atoms. The highest BCUT2D eigenvalue weighted by atomic mass is 16.4. The van der Waals surface area contributed by atoms with E-state index in [1.54, 1.807) is 10.8 Å². The molecule has 0 aliphatic rings. The molecule has 0 aliphatic carbocycles. The maximum atomic E-state index is 10.4. The van der Waals surface area contributed by atoms with Gasteiger partial charge in [0.2, 0.25) is 0 Å². The van der Waals surface area contributed by atoms with E-state index in [2.05, 4.69) is 4.98 Å². The first-order valence-corrected chi connectivity index (χ1v) is 3.41. The third kappa shape index (κ3) is 2.06. The summed E-state index contributed by atoms with van der Waals surface area (Å²) in [6, 6.07) is -0.922. The highest BCUT2D eigenvalue weighted by Gasteiger charge is 2.12. The predicted octanol–water partition coefficient (Wildman–Crippen LogP) is -0.626. The number of nitrogens with zero attached hydrogens (tertiary/aromatic N) is 2. The van der Waals surface area contributed by atoms with Crippen LogP contribution in [0.3, 0.4) is 0 Å². The largest absolute Gasteiger partial charge is 0.480 e. The Kier molecular flexibility index (Phi) is 2.04. The molecule has 12 heavy (non-hydrogen) atoms. The average molecular weight is 170 g/mol. The van der Waals surface area contributed by atoms with Crippen molar-refractivity contribution in [1.82, 2.24) is 9.55 Å². The van der Waals surface area contributed by atoms with Gasteiger partial charge < -0.3 is 15.4 Å². The molecule has 0 spiro atoms. The second kappa shape index (κ2) is 3.36. The predicted molar refractivity (Wildman–Crippen MR) is 42.5 cm³/mol. The van der Waals surface area contributed by atoms with Crippen molar-refractivity contribution in [2.45, 2.75) is 12.5 Å². The Morgan fingerprint density at radius 1 is 2.08 bits per heavy atom. The first kappa shape index (κ1) is 7.30. The number of imidazole rings is 1.